The van der Waals surface area contributed by atoms with Crippen molar-refractivity contribution in [3.8, 4) is 0 Å². The topological polar surface area (TPSA) is 38.1 Å². The van der Waals surface area contributed by atoms with Crippen LogP contribution in [-0.2, 0) is 0 Å². The van der Waals surface area contributed by atoms with Crippen molar-refractivity contribution in [3.05, 3.63) is 60.2 Å². The highest BCUT2D eigenvalue weighted by Crippen LogP contribution is 2.22. The van der Waals surface area contributed by atoms with Gasteiger partial charge in [-0.25, -0.2) is 4.98 Å². The van der Waals surface area contributed by atoms with Crippen LogP contribution in [0.15, 0.2) is 48.9 Å². The van der Waals surface area contributed by atoms with Crippen LogP contribution in [0.25, 0.3) is 6.08 Å². The maximum atomic E-state index is 12.7. The maximum Gasteiger partial charge on any atom is 0.274 e. The summed E-state index contributed by atoms with van der Waals surface area (Å²) in [6, 6.07) is 10.7. The molecule has 1 amide bonds. The van der Waals surface area contributed by atoms with Gasteiger partial charge in [0.25, 0.3) is 5.91 Å². The fourth-order valence-electron chi connectivity index (χ4n) is 2.91. The number of likely N-dealkylation sites (tertiary alicyclic amines) is 1. The quantitative estimate of drug-likeness (QED) is 0.862. The molecule has 0 saturated carbocycles. The molecule has 1 aromatic carbocycles. The van der Waals surface area contributed by atoms with Crippen LogP contribution in [0.3, 0.4) is 0 Å². The van der Waals surface area contributed by atoms with Crippen LogP contribution in [0.2, 0.25) is 0 Å². The largest absolute Gasteiger partial charge is 0.334 e. The van der Waals surface area contributed by atoms with Crippen LogP contribution in [0.4, 0.5) is 0 Å². The number of benzene rings is 1. The first-order chi connectivity index (χ1) is 11.1. The van der Waals surface area contributed by atoms with Crippen molar-refractivity contribution in [1.82, 2.24) is 14.5 Å². The zero-order valence-corrected chi connectivity index (χ0v) is 13.7. The van der Waals surface area contributed by atoms with Gasteiger partial charge in [-0.05, 0) is 32.3 Å². The lowest BCUT2D eigenvalue weighted by Gasteiger charge is -2.21. The summed E-state index contributed by atoms with van der Waals surface area (Å²) in [7, 11) is 0. The summed E-state index contributed by atoms with van der Waals surface area (Å²) < 4.78 is 1.97. The number of amides is 1. The zero-order chi connectivity index (χ0) is 16.2. The molecule has 1 aromatic heterocycles. The minimum Gasteiger partial charge on any atom is -0.334 e. The van der Waals surface area contributed by atoms with Gasteiger partial charge in [-0.3, -0.25) is 4.79 Å². The number of imidazole rings is 1. The second kappa shape index (κ2) is 6.82. The molecule has 0 radical (unpaired) electrons. The standard InChI is InChI=1S/C19H23N3O/c1-15(2)21-13-18(20-14-21)19(23)22-12-6-9-17(22)11-10-16-7-4-3-5-8-16/h3-5,7-8,10-11,13-15,17H,6,9,12H2,1-2H3/b11-10+/t17-/m1/s1. The Labute approximate surface area is 137 Å². The molecule has 0 aliphatic carbocycles. The first kappa shape index (κ1) is 15.5. The number of hydrogen-bond donors (Lipinski definition) is 0. The molecule has 1 atom stereocenters. The summed E-state index contributed by atoms with van der Waals surface area (Å²) in [6.45, 7) is 4.96. The third-order valence-electron chi connectivity index (χ3n) is 4.29. The van der Waals surface area contributed by atoms with Gasteiger partial charge in [-0.1, -0.05) is 42.5 Å². The fourth-order valence-corrected chi connectivity index (χ4v) is 2.91. The number of hydrogen-bond acceptors (Lipinski definition) is 2. The van der Waals surface area contributed by atoms with E-state index in [2.05, 4.69) is 43.1 Å². The summed E-state index contributed by atoms with van der Waals surface area (Å²) in [6.07, 6.45) is 9.88. The molecule has 4 nitrogen and oxygen atoms in total. The van der Waals surface area contributed by atoms with Crippen molar-refractivity contribution >= 4 is 12.0 Å². The lowest BCUT2D eigenvalue weighted by Crippen LogP contribution is -2.34. The maximum absolute atomic E-state index is 12.7. The molecule has 1 fully saturated rings. The van der Waals surface area contributed by atoms with Crippen molar-refractivity contribution in [2.24, 2.45) is 0 Å². The van der Waals surface area contributed by atoms with E-state index in [1.54, 1.807) is 6.33 Å². The van der Waals surface area contributed by atoms with Crippen LogP contribution in [0.5, 0.6) is 0 Å². The minimum absolute atomic E-state index is 0.0320. The third kappa shape index (κ3) is 3.52. The highest BCUT2D eigenvalue weighted by atomic mass is 16.2. The van der Waals surface area contributed by atoms with Crippen LogP contribution in [0, 0.1) is 0 Å². The Balaban J connectivity index is 1.73. The van der Waals surface area contributed by atoms with Gasteiger partial charge in [0.05, 0.1) is 12.4 Å². The second-order valence-electron chi connectivity index (χ2n) is 6.28. The van der Waals surface area contributed by atoms with Crippen LogP contribution in [0.1, 0.15) is 48.8 Å². The van der Waals surface area contributed by atoms with Gasteiger partial charge in [0, 0.05) is 18.8 Å². The molecule has 2 heterocycles. The Morgan fingerprint density at radius 3 is 2.78 bits per heavy atom. The zero-order valence-electron chi connectivity index (χ0n) is 13.7. The second-order valence-corrected chi connectivity index (χ2v) is 6.28. The lowest BCUT2D eigenvalue weighted by molar-refractivity contribution is 0.0756. The normalized spacial score (nSPS) is 18.2. The van der Waals surface area contributed by atoms with E-state index in [9.17, 15) is 4.79 Å². The van der Waals surface area contributed by atoms with Crippen molar-refractivity contribution in [3.63, 3.8) is 0 Å². The van der Waals surface area contributed by atoms with E-state index >= 15 is 0 Å². The highest BCUT2D eigenvalue weighted by molar-refractivity contribution is 5.92. The summed E-state index contributed by atoms with van der Waals surface area (Å²) >= 11 is 0. The lowest BCUT2D eigenvalue weighted by atomic mass is 10.1. The minimum atomic E-state index is 0.0320. The van der Waals surface area contributed by atoms with Crippen LogP contribution < -0.4 is 0 Å². The van der Waals surface area contributed by atoms with Crippen LogP contribution in [-0.4, -0.2) is 32.9 Å². The van der Waals surface area contributed by atoms with E-state index in [-0.39, 0.29) is 11.9 Å². The molecule has 2 aromatic rings. The van der Waals surface area contributed by atoms with Crippen molar-refractivity contribution in [1.29, 1.82) is 0 Å². The molecular formula is C19H23N3O. The van der Waals surface area contributed by atoms with E-state index in [0.29, 0.717) is 11.7 Å². The molecule has 4 heteroatoms. The van der Waals surface area contributed by atoms with E-state index in [1.807, 2.05) is 33.9 Å². The number of aromatic nitrogens is 2. The monoisotopic (exact) mass is 309 g/mol. The van der Waals surface area contributed by atoms with E-state index in [4.69, 9.17) is 0 Å². The molecule has 0 unspecified atom stereocenters. The number of rotatable bonds is 4. The SMILES string of the molecule is CC(C)n1cnc(C(=O)N2CCC[C@@H]2/C=C/c2ccccc2)c1. The fraction of sp³-hybridized carbons (Fsp3) is 0.368. The number of carbonyl (C=O) groups excluding carboxylic acids is 1. The van der Waals surface area contributed by atoms with Gasteiger partial charge >= 0.3 is 0 Å². The first-order valence-corrected chi connectivity index (χ1v) is 8.23. The van der Waals surface area contributed by atoms with Crippen LogP contribution >= 0.6 is 0 Å². The molecule has 1 aliphatic heterocycles. The van der Waals surface area contributed by atoms with Crippen molar-refractivity contribution in [2.75, 3.05) is 6.54 Å². The molecule has 3 rings (SSSR count). The van der Waals surface area contributed by atoms with Gasteiger partial charge in [0.1, 0.15) is 5.69 Å². The number of carbonyl (C=O) groups is 1. The van der Waals surface area contributed by atoms with E-state index in [0.717, 1.165) is 24.9 Å². The average Bonchev–Trinajstić information content (AvgIpc) is 3.22. The predicted molar refractivity (Wildman–Crippen MR) is 92.1 cm³/mol. The highest BCUT2D eigenvalue weighted by Gasteiger charge is 2.28. The molecule has 1 saturated heterocycles. The van der Waals surface area contributed by atoms with E-state index < -0.39 is 0 Å². The molecular weight excluding hydrogens is 286 g/mol. The molecule has 0 spiro atoms. The average molecular weight is 309 g/mol. The summed E-state index contributed by atoms with van der Waals surface area (Å²) in [4.78, 5) is 18.9. The van der Waals surface area contributed by atoms with Crippen molar-refractivity contribution < 1.29 is 4.79 Å². The Hall–Kier alpha value is -2.36. The first-order valence-electron chi connectivity index (χ1n) is 8.23. The smallest absolute Gasteiger partial charge is 0.274 e. The summed E-state index contributed by atoms with van der Waals surface area (Å²) in [5.74, 6) is 0.0320. The summed E-state index contributed by atoms with van der Waals surface area (Å²) in [5.41, 5.74) is 1.70. The van der Waals surface area contributed by atoms with Gasteiger partial charge < -0.3 is 9.47 Å². The molecule has 120 valence electrons. The van der Waals surface area contributed by atoms with Gasteiger partial charge in [-0.15, -0.1) is 0 Å². The Morgan fingerprint density at radius 2 is 2.09 bits per heavy atom. The molecule has 0 bridgehead atoms. The van der Waals surface area contributed by atoms with Gasteiger partial charge in [-0.2, -0.15) is 0 Å². The Morgan fingerprint density at radius 1 is 1.30 bits per heavy atom. The van der Waals surface area contributed by atoms with Gasteiger partial charge in [0.2, 0.25) is 0 Å². The molecule has 23 heavy (non-hydrogen) atoms. The number of nitrogens with zero attached hydrogens (tertiary/aromatic N) is 3. The Bertz CT molecular complexity index is 688. The third-order valence-corrected chi connectivity index (χ3v) is 4.29. The van der Waals surface area contributed by atoms with Crippen molar-refractivity contribution in [2.45, 2.75) is 38.8 Å². The molecule has 0 N–H and O–H groups in total. The summed E-state index contributed by atoms with van der Waals surface area (Å²) in [5, 5.41) is 0. The predicted octanol–water partition coefficient (Wildman–Crippen LogP) is 3.78. The Kier molecular flexibility index (Phi) is 4.60. The van der Waals surface area contributed by atoms with Gasteiger partial charge in [0.15, 0.2) is 0 Å². The molecule has 1 aliphatic rings. The van der Waals surface area contributed by atoms with E-state index in [1.165, 1.54) is 0 Å².